The average Bonchev–Trinajstić information content (AvgIpc) is 2.60. The standard InChI is InChI=1S/C17H16FN3O4/c18-12-3-5-13(6-4-12)21-15(22)9-20-16(23)10-25-14-7-1-11(2-8-14)17(19)24/h1-8H,9-10H2,(H2,19,24)(H,20,23)(H,21,22). The van der Waals surface area contributed by atoms with E-state index in [4.69, 9.17) is 10.5 Å². The van der Waals surface area contributed by atoms with Crippen molar-refractivity contribution in [3.05, 3.63) is 59.9 Å². The highest BCUT2D eigenvalue weighted by atomic mass is 19.1. The smallest absolute Gasteiger partial charge is 0.258 e. The zero-order valence-electron chi connectivity index (χ0n) is 13.1. The molecule has 0 radical (unpaired) electrons. The number of ether oxygens (including phenoxy) is 1. The van der Waals surface area contributed by atoms with Crippen LogP contribution in [0.25, 0.3) is 0 Å². The maximum Gasteiger partial charge on any atom is 0.258 e. The van der Waals surface area contributed by atoms with Crippen molar-refractivity contribution in [2.45, 2.75) is 0 Å². The van der Waals surface area contributed by atoms with Crippen LogP contribution in [0.3, 0.4) is 0 Å². The Bertz CT molecular complexity index is 760. The van der Waals surface area contributed by atoms with Crippen molar-refractivity contribution >= 4 is 23.4 Å². The topological polar surface area (TPSA) is 111 Å². The number of anilines is 1. The van der Waals surface area contributed by atoms with Crippen LogP contribution < -0.4 is 21.1 Å². The lowest BCUT2D eigenvalue weighted by Crippen LogP contribution is -2.35. The van der Waals surface area contributed by atoms with Gasteiger partial charge in [0.1, 0.15) is 11.6 Å². The van der Waals surface area contributed by atoms with Gasteiger partial charge in [-0.3, -0.25) is 14.4 Å². The largest absolute Gasteiger partial charge is 0.484 e. The molecule has 0 saturated carbocycles. The Morgan fingerprint density at radius 2 is 1.60 bits per heavy atom. The summed E-state index contributed by atoms with van der Waals surface area (Å²) in [6.07, 6.45) is 0. The molecule has 8 heteroatoms. The predicted octanol–water partition coefficient (Wildman–Crippen LogP) is 1.06. The van der Waals surface area contributed by atoms with E-state index >= 15 is 0 Å². The molecule has 3 amide bonds. The Hall–Kier alpha value is -3.42. The maximum atomic E-state index is 12.8. The molecule has 0 heterocycles. The summed E-state index contributed by atoms with van der Waals surface area (Å²) in [6, 6.07) is 11.2. The van der Waals surface area contributed by atoms with E-state index in [1.807, 2.05) is 0 Å². The van der Waals surface area contributed by atoms with E-state index in [2.05, 4.69) is 10.6 Å². The molecule has 25 heavy (non-hydrogen) atoms. The van der Waals surface area contributed by atoms with E-state index in [1.54, 1.807) is 0 Å². The molecule has 0 aromatic heterocycles. The van der Waals surface area contributed by atoms with Crippen molar-refractivity contribution in [1.82, 2.24) is 5.32 Å². The van der Waals surface area contributed by atoms with Gasteiger partial charge in [0, 0.05) is 11.3 Å². The fourth-order valence-corrected chi connectivity index (χ4v) is 1.83. The van der Waals surface area contributed by atoms with E-state index in [0.29, 0.717) is 17.0 Å². The molecule has 0 saturated heterocycles. The minimum absolute atomic E-state index is 0.250. The van der Waals surface area contributed by atoms with Gasteiger partial charge in [0.25, 0.3) is 5.91 Å². The van der Waals surface area contributed by atoms with E-state index in [0.717, 1.165) is 0 Å². The number of benzene rings is 2. The van der Waals surface area contributed by atoms with Crippen molar-refractivity contribution in [3.8, 4) is 5.75 Å². The summed E-state index contributed by atoms with van der Waals surface area (Å²) in [5.74, 6) is -1.53. The van der Waals surface area contributed by atoms with Crippen LogP contribution in [0.15, 0.2) is 48.5 Å². The van der Waals surface area contributed by atoms with Crippen LogP contribution in [0.1, 0.15) is 10.4 Å². The van der Waals surface area contributed by atoms with E-state index in [1.165, 1.54) is 48.5 Å². The monoisotopic (exact) mass is 345 g/mol. The summed E-state index contributed by atoms with van der Waals surface area (Å²) in [4.78, 5) is 34.3. The molecule has 0 aliphatic carbocycles. The summed E-state index contributed by atoms with van der Waals surface area (Å²) < 4.78 is 18.0. The first-order valence-electron chi connectivity index (χ1n) is 7.29. The SMILES string of the molecule is NC(=O)c1ccc(OCC(=O)NCC(=O)Nc2ccc(F)cc2)cc1. The summed E-state index contributed by atoms with van der Waals surface area (Å²) in [7, 11) is 0. The number of hydrogen-bond donors (Lipinski definition) is 3. The molecule has 2 rings (SSSR count). The van der Waals surface area contributed by atoms with Gasteiger partial charge >= 0.3 is 0 Å². The second-order valence-corrected chi connectivity index (χ2v) is 5.01. The van der Waals surface area contributed by atoms with E-state index < -0.39 is 23.5 Å². The zero-order valence-corrected chi connectivity index (χ0v) is 13.1. The second kappa shape index (κ2) is 8.44. The first-order valence-corrected chi connectivity index (χ1v) is 7.29. The van der Waals surface area contributed by atoms with Crippen LogP contribution in [-0.2, 0) is 9.59 Å². The van der Waals surface area contributed by atoms with Crippen LogP contribution >= 0.6 is 0 Å². The molecule has 130 valence electrons. The Balaban J connectivity index is 1.72. The zero-order chi connectivity index (χ0) is 18.2. The molecule has 0 atom stereocenters. The van der Waals surface area contributed by atoms with Gasteiger partial charge in [-0.15, -0.1) is 0 Å². The number of primary amides is 1. The minimum Gasteiger partial charge on any atom is -0.484 e. The summed E-state index contributed by atoms with van der Waals surface area (Å²) >= 11 is 0. The van der Waals surface area contributed by atoms with Crippen LogP contribution in [-0.4, -0.2) is 30.9 Å². The number of carbonyl (C=O) groups is 3. The first kappa shape index (κ1) is 17.9. The van der Waals surface area contributed by atoms with Gasteiger partial charge in [-0.05, 0) is 48.5 Å². The van der Waals surface area contributed by atoms with Gasteiger partial charge < -0.3 is 21.1 Å². The minimum atomic E-state index is -0.559. The Kier molecular flexibility index (Phi) is 6.05. The highest BCUT2D eigenvalue weighted by Gasteiger charge is 2.07. The van der Waals surface area contributed by atoms with E-state index in [-0.39, 0.29) is 13.2 Å². The summed E-state index contributed by atoms with van der Waals surface area (Å²) in [5.41, 5.74) is 5.87. The normalized spacial score (nSPS) is 9.96. The molecule has 4 N–H and O–H groups in total. The van der Waals surface area contributed by atoms with Gasteiger partial charge in [0.15, 0.2) is 6.61 Å². The Morgan fingerprint density at radius 3 is 2.20 bits per heavy atom. The molecule has 0 fully saturated rings. The number of rotatable bonds is 7. The van der Waals surface area contributed by atoms with Gasteiger partial charge in [0.2, 0.25) is 11.8 Å². The molecule has 0 unspecified atom stereocenters. The number of nitrogens with two attached hydrogens (primary N) is 1. The third-order valence-corrected chi connectivity index (χ3v) is 3.08. The number of carbonyl (C=O) groups excluding carboxylic acids is 3. The molecular formula is C17H16FN3O4. The van der Waals surface area contributed by atoms with Crippen molar-refractivity contribution in [1.29, 1.82) is 0 Å². The number of nitrogens with one attached hydrogen (secondary N) is 2. The summed E-state index contributed by atoms with van der Waals surface area (Å²) in [5, 5.41) is 4.90. The fourth-order valence-electron chi connectivity index (χ4n) is 1.83. The second-order valence-electron chi connectivity index (χ2n) is 5.01. The number of amides is 3. The quantitative estimate of drug-likeness (QED) is 0.697. The van der Waals surface area contributed by atoms with Gasteiger partial charge in [-0.25, -0.2) is 4.39 Å². The molecule has 7 nitrogen and oxygen atoms in total. The van der Waals surface area contributed by atoms with Crippen molar-refractivity contribution in [2.75, 3.05) is 18.5 Å². The lowest BCUT2D eigenvalue weighted by atomic mass is 10.2. The van der Waals surface area contributed by atoms with Crippen LogP contribution in [0.2, 0.25) is 0 Å². The third kappa shape index (κ3) is 5.94. The molecule has 2 aromatic rings. The lowest BCUT2D eigenvalue weighted by molar-refractivity contribution is -0.125. The molecule has 0 spiro atoms. The highest BCUT2D eigenvalue weighted by Crippen LogP contribution is 2.11. The van der Waals surface area contributed by atoms with E-state index in [9.17, 15) is 18.8 Å². The first-order chi connectivity index (χ1) is 11.9. The van der Waals surface area contributed by atoms with Crippen LogP contribution in [0, 0.1) is 5.82 Å². The van der Waals surface area contributed by atoms with Crippen LogP contribution in [0.5, 0.6) is 5.75 Å². The predicted molar refractivity (Wildman–Crippen MR) is 88.5 cm³/mol. The summed E-state index contributed by atoms with van der Waals surface area (Å²) in [6.45, 7) is -0.542. The molecular weight excluding hydrogens is 329 g/mol. The van der Waals surface area contributed by atoms with Crippen molar-refractivity contribution in [3.63, 3.8) is 0 Å². The Labute approximate surface area is 143 Å². The molecule has 0 aliphatic rings. The number of halogens is 1. The average molecular weight is 345 g/mol. The highest BCUT2D eigenvalue weighted by molar-refractivity contribution is 5.94. The van der Waals surface area contributed by atoms with Crippen molar-refractivity contribution < 1.29 is 23.5 Å². The maximum absolute atomic E-state index is 12.8. The molecule has 0 bridgehead atoms. The van der Waals surface area contributed by atoms with Gasteiger partial charge in [-0.2, -0.15) is 0 Å². The van der Waals surface area contributed by atoms with Crippen LogP contribution in [0.4, 0.5) is 10.1 Å². The molecule has 2 aromatic carbocycles. The van der Waals surface area contributed by atoms with Crippen molar-refractivity contribution in [2.24, 2.45) is 5.73 Å². The lowest BCUT2D eigenvalue weighted by Gasteiger charge is -2.08. The fraction of sp³-hybridized carbons (Fsp3) is 0.118. The van der Waals surface area contributed by atoms with Gasteiger partial charge in [0.05, 0.1) is 6.54 Å². The van der Waals surface area contributed by atoms with Gasteiger partial charge in [-0.1, -0.05) is 0 Å². The Morgan fingerprint density at radius 1 is 0.960 bits per heavy atom. The molecule has 0 aliphatic heterocycles. The third-order valence-electron chi connectivity index (χ3n) is 3.08. The number of hydrogen-bond acceptors (Lipinski definition) is 4.